The molecule has 2 fully saturated rings. The molecule has 37 heavy (non-hydrogen) atoms. The van der Waals surface area contributed by atoms with Gasteiger partial charge in [-0.2, -0.15) is 0 Å². The molecule has 0 N–H and O–H groups in total. The van der Waals surface area contributed by atoms with Crippen molar-refractivity contribution in [2.24, 2.45) is 5.92 Å². The minimum absolute atomic E-state index is 0.166. The monoisotopic (exact) mass is 506 g/mol. The molecule has 3 aliphatic heterocycles. The summed E-state index contributed by atoms with van der Waals surface area (Å²) in [7, 11) is 2.13. The SMILES string of the molecule is CN1CCC(C(=O)N2CCCC(c3cnc(CCc4c(F)ccc5c4CCO5)n4cnnc34)CC2)CC1. The lowest BCUT2D eigenvalue weighted by Crippen LogP contribution is -2.42. The zero-order valence-corrected chi connectivity index (χ0v) is 21.5. The standard InChI is InChI=1S/C28H35FN6O2/c1-33-13-8-20(9-14-33)28(36)34-12-2-3-19(10-15-34)23-17-30-26(35-18-31-32-27(23)35)7-4-21-22-11-16-37-25(22)6-5-24(21)29/h5-6,17-20H,2-4,7-16H2,1H3. The molecule has 0 radical (unpaired) electrons. The third-order valence-corrected chi connectivity index (χ3v) is 8.52. The van der Waals surface area contributed by atoms with Crippen LogP contribution in [0.5, 0.6) is 5.75 Å². The molecule has 0 aliphatic carbocycles. The molecule has 6 rings (SSSR count). The topological polar surface area (TPSA) is 75.9 Å². The first kappa shape index (κ1) is 24.3. The molecular weight excluding hydrogens is 471 g/mol. The van der Waals surface area contributed by atoms with Gasteiger partial charge < -0.3 is 14.5 Å². The predicted molar refractivity (Wildman–Crippen MR) is 137 cm³/mol. The van der Waals surface area contributed by atoms with Gasteiger partial charge in [0.25, 0.3) is 0 Å². The maximum Gasteiger partial charge on any atom is 0.225 e. The molecule has 0 spiro atoms. The molecule has 196 valence electrons. The van der Waals surface area contributed by atoms with E-state index in [1.54, 1.807) is 12.4 Å². The number of fused-ring (bicyclic) bond motifs is 2. The highest BCUT2D eigenvalue weighted by Gasteiger charge is 2.30. The van der Waals surface area contributed by atoms with Crippen LogP contribution < -0.4 is 4.74 Å². The summed E-state index contributed by atoms with van der Waals surface area (Å²) in [5.74, 6) is 2.23. The van der Waals surface area contributed by atoms with E-state index in [4.69, 9.17) is 9.72 Å². The van der Waals surface area contributed by atoms with E-state index < -0.39 is 0 Å². The third-order valence-electron chi connectivity index (χ3n) is 8.52. The Balaban J connectivity index is 1.16. The maximum atomic E-state index is 14.6. The number of aromatic nitrogens is 4. The number of ether oxygens (including phenoxy) is 1. The lowest BCUT2D eigenvalue weighted by molar-refractivity contribution is -0.136. The van der Waals surface area contributed by atoms with Gasteiger partial charge in [0.15, 0.2) is 5.65 Å². The smallest absolute Gasteiger partial charge is 0.225 e. The van der Waals surface area contributed by atoms with Crippen LogP contribution in [0.4, 0.5) is 4.39 Å². The molecule has 1 amide bonds. The Bertz CT molecular complexity index is 1290. The number of likely N-dealkylation sites (tertiary alicyclic amines) is 2. The fourth-order valence-corrected chi connectivity index (χ4v) is 6.32. The number of amides is 1. The second kappa shape index (κ2) is 10.4. The Kier molecular flexibility index (Phi) is 6.80. The Morgan fingerprint density at radius 3 is 2.84 bits per heavy atom. The van der Waals surface area contributed by atoms with Gasteiger partial charge in [-0.25, -0.2) is 9.37 Å². The first-order valence-corrected chi connectivity index (χ1v) is 13.7. The van der Waals surface area contributed by atoms with Crippen molar-refractivity contribution in [3.05, 3.63) is 53.0 Å². The summed E-state index contributed by atoms with van der Waals surface area (Å²) in [5.41, 5.74) is 3.62. The summed E-state index contributed by atoms with van der Waals surface area (Å²) in [4.78, 5) is 22.4. The van der Waals surface area contributed by atoms with Gasteiger partial charge >= 0.3 is 0 Å². The van der Waals surface area contributed by atoms with Gasteiger partial charge in [-0.15, -0.1) is 10.2 Å². The lowest BCUT2D eigenvalue weighted by atomic mass is 9.93. The molecule has 0 saturated carbocycles. The summed E-state index contributed by atoms with van der Waals surface area (Å²) in [6.07, 6.45) is 10.3. The number of carbonyl (C=O) groups is 1. The van der Waals surface area contributed by atoms with E-state index in [2.05, 4.69) is 27.0 Å². The molecule has 9 heteroatoms. The van der Waals surface area contributed by atoms with Crippen molar-refractivity contribution in [3.63, 3.8) is 0 Å². The average Bonchev–Trinajstić information content (AvgIpc) is 3.53. The minimum Gasteiger partial charge on any atom is -0.493 e. The highest BCUT2D eigenvalue weighted by atomic mass is 19.1. The summed E-state index contributed by atoms with van der Waals surface area (Å²) in [6, 6.07) is 3.22. The molecule has 3 aliphatic rings. The van der Waals surface area contributed by atoms with Crippen molar-refractivity contribution < 1.29 is 13.9 Å². The summed E-state index contributed by atoms with van der Waals surface area (Å²) in [5, 5.41) is 8.64. The molecular formula is C28H35FN6O2. The van der Waals surface area contributed by atoms with E-state index in [9.17, 15) is 9.18 Å². The van der Waals surface area contributed by atoms with Crippen LogP contribution in [0.3, 0.4) is 0 Å². The molecule has 8 nitrogen and oxygen atoms in total. The fraction of sp³-hybridized carbons (Fsp3) is 0.571. The molecule has 3 aromatic rings. The van der Waals surface area contributed by atoms with Crippen LogP contribution in [0, 0.1) is 11.7 Å². The van der Waals surface area contributed by atoms with Crippen molar-refractivity contribution in [3.8, 4) is 5.75 Å². The Morgan fingerprint density at radius 1 is 1.11 bits per heavy atom. The molecule has 1 atom stereocenters. The maximum absolute atomic E-state index is 14.6. The van der Waals surface area contributed by atoms with Crippen molar-refractivity contribution >= 4 is 11.6 Å². The Hall–Kier alpha value is -3.07. The molecule has 2 aromatic heterocycles. The van der Waals surface area contributed by atoms with E-state index in [1.165, 1.54) is 6.07 Å². The van der Waals surface area contributed by atoms with E-state index in [-0.39, 0.29) is 17.7 Å². The van der Waals surface area contributed by atoms with Crippen LogP contribution in [-0.2, 0) is 24.1 Å². The molecule has 2 saturated heterocycles. The number of hydrogen-bond donors (Lipinski definition) is 0. The first-order valence-electron chi connectivity index (χ1n) is 13.7. The number of aryl methyl sites for hydroxylation is 1. The first-order chi connectivity index (χ1) is 18.1. The van der Waals surface area contributed by atoms with Crippen molar-refractivity contribution in [2.75, 3.05) is 39.8 Å². The lowest BCUT2D eigenvalue weighted by Gasteiger charge is -2.32. The number of benzene rings is 1. The number of halogens is 1. The van der Waals surface area contributed by atoms with Crippen LogP contribution in [0.15, 0.2) is 24.7 Å². The summed E-state index contributed by atoms with van der Waals surface area (Å²) < 4.78 is 22.2. The predicted octanol–water partition coefficient (Wildman–Crippen LogP) is 3.42. The molecule has 1 unspecified atom stereocenters. The Labute approximate surface area is 216 Å². The van der Waals surface area contributed by atoms with Crippen LogP contribution in [-0.4, -0.2) is 75.1 Å². The second-order valence-corrected chi connectivity index (χ2v) is 10.8. The van der Waals surface area contributed by atoms with E-state index >= 15 is 0 Å². The fourth-order valence-electron chi connectivity index (χ4n) is 6.32. The van der Waals surface area contributed by atoms with Gasteiger partial charge in [0.05, 0.1) is 6.61 Å². The number of hydrogen-bond acceptors (Lipinski definition) is 6. The van der Waals surface area contributed by atoms with Gasteiger partial charge in [-0.05, 0) is 82.3 Å². The normalized spacial score (nSPS) is 21.1. The van der Waals surface area contributed by atoms with Crippen LogP contribution in [0.25, 0.3) is 5.65 Å². The molecule has 5 heterocycles. The zero-order chi connectivity index (χ0) is 25.4. The average molecular weight is 507 g/mol. The number of rotatable bonds is 5. The number of nitrogens with zero attached hydrogens (tertiary/aromatic N) is 6. The molecule has 1 aromatic carbocycles. The summed E-state index contributed by atoms with van der Waals surface area (Å²) in [6.45, 7) is 4.22. The van der Waals surface area contributed by atoms with Crippen molar-refractivity contribution in [2.45, 2.75) is 57.3 Å². The summed E-state index contributed by atoms with van der Waals surface area (Å²) >= 11 is 0. The van der Waals surface area contributed by atoms with Gasteiger partial charge in [-0.1, -0.05) is 0 Å². The Morgan fingerprint density at radius 2 is 1.97 bits per heavy atom. The van der Waals surface area contributed by atoms with E-state index in [0.717, 1.165) is 98.6 Å². The van der Waals surface area contributed by atoms with Gasteiger partial charge in [0.1, 0.15) is 23.7 Å². The van der Waals surface area contributed by atoms with E-state index in [1.807, 2.05) is 10.6 Å². The quantitative estimate of drug-likeness (QED) is 0.528. The highest BCUT2D eigenvalue weighted by molar-refractivity contribution is 5.79. The zero-order valence-electron chi connectivity index (χ0n) is 21.5. The minimum atomic E-state index is -0.182. The van der Waals surface area contributed by atoms with Crippen molar-refractivity contribution in [1.82, 2.24) is 29.4 Å². The van der Waals surface area contributed by atoms with Gasteiger partial charge in [0.2, 0.25) is 5.91 Å². The van der Waals surface area contributed by atoms with Crippen LogP contribution in [0.2, 0.25) is 0 Å². The van der Waals surface area contributed by atoms with Crippen LogP contribution >= 0.6 is 0 Å². The number of carbonyl (C=O) groups excluding carboxylic acids is 1. The number of piperidine rings is 1. The highest BCUT2D eigenvalue weighted by Crippen LogP contribution is 2.33. The molecule has 0 bridgehead atoms. The van der Waals surface area contributed by atoms with E-state index in [0.29, 0.717) is 25.4 Å². The second-order valence-electron chi connectivity index (χ2n) is 10.8. The van der Waals surface area contributed by atoms with Gasteiger partial charge in [0, 0.05) is 49.2 Å². The van der Waals surface area contributed by atoms with Crippen LogP contribution in [0.1, 0.15) is 60.5 Å². The third kappa shape index (κ3) is 4.81. The van der Waals surface area contributed by atoms with Crippen molar-refractivity contribution in [1.29, 1.82) is 0 Å². The van der Waals surface area contributed by atoms with Gasteiger partial charge in [-0.3, -0.25) is 9.20 Å². The largest absolute Gasteiger partial charge is 0.493 e.